The summed E-state index contributed by atoms with van der Waals surface area (Å²) in [5.41, 5.74) is 1.03. The second-order valence-corrected chi connectivity index (χ2v) is 6.68. The molecular formula is C21H26N2O4. The van der Waals surface area contributed by atoms with Gasteiger partial charge in [-0.1, -0.05) is 24.3 Å². The lowest BCUT2D eigenvalue weighted by Crippen LogP contribution is -2.48. The molecule has 1 N–H and O–H groups in total. The minimum Gasteiger partial charge on any atom is -0.497 e. The quantitative estimate of drug-likeness (QED) is 0.811. The average Bonchev–Trinajstić information content (AvgIpc) is 2.71. The van der Waals surface area contributed by atoms with E-state index in [0.29, 0.717) is 19.7 Å². The molecule has 2 atom stereocenters. The fraction of sp³-hybridized carbons (Fsp3) is 0.381. The van der Waals surface area contributed by atoms with Gasteiger partial charge in [-0.25, -0.2) is 0 Å². The number of benzene rings is 2. The van der Waals surface area contributed by atoms with Crippen LogP contribution in [0.1, 0.15) is 12.5 Å². The number of nitrogens with one attached hydrogen (secondary N) is 1. The lowest BCUT2D eigenvalue weighted by molar-refractivity contribution is -0.126. The molecule has 0 saturated heterocycles. The maximum Gasteiger partial charge on any atom is 0.237 e. The molecule has 0 radical (unpaired) electrons. The van der Waals surface area contributed by atoms with Gasteiger partial charge in [0.15, 0.2) is 11.5 Å². The minimum atomic E-state index is -0.274. The first kappa shape index (κ1) is 19.0. The smallest absolute Gasteiger partial charge is 0.237 e. The van der Waals surface area contributed by atoms with Crippen molar-refractivity contribution in [3.8, 4) is 17.2 Å². The summed E-state index contributed by atoms with van der Waals surface area (Å²) in [6, 6.07) is 15.0. The molecule has 0 fully saturated rings. The summed E-state index contributed by atoms with van der Waals surface area (Å²) in [5.74, 6) is 2.29. The Morgan fingerprint density at radius 3 is 2.63 bits per heavy atom. The Labute approximate surface area is 160 Å². The summed E-state index contributed by atoms with van der Waals surface area (Å²) in [5, 5.41) is 2.98. The van der Waals surface area contributed by atoms with Crippen molar-refractivity contribution in [2.45, 2.75) is 25.6 Å². The van der Waals surface area contributed by atoms with Crippen molar-refractivity contribution in [2.75, 3.05) is 27.3 Å². The molecular weight excluding hydrogens is 344 g/mol. The van der Waals surface area contributed by atoms with Gasteiger partial charge in [0.05, 0.1) is 13.2 Å². The van der Waals surface area contributed by atoms with Gasteiger partial charge in [0.1, 0.15) is 18.5 Å². The number of likely N-dealkylation sites (N-methyl/N-ethyl adjacent to an activating group) is 1. The third-order valence-corrected chi connectivity index (χ3v) is 4.73. The zero-order chi connectivity index (χ0) is 19.2. The van der Waals surface area contributed by atoms with Crippen LogP contribution in [-0.4, -0.2) is 50.3 Å². The summed E-state index contributed by atoms with van der Waals surface area (Å²) in [4.78, 5) is 14.4. The van der Waals surface area contributed by atoms with Crippen LogP contribution in [0, 0.1) is 0 Å². The topological polar surface area (TPSA) is 60.0 Å². The zero-order valence-corrected chi connectivity index (χ0v) is 16.0. The lowest BCUT2D eigenvalue weighted by Gasteiger charge is -2.31. The number of fused-ring (bicyclic) bond motifs is 1. The third kappa shape index (κ3) is 4.92. The van der Waals surface area contributed by atoms with Gasteiger partial charge >= 0.3 is 0 Å². The minimum absolute atomic E-state index is 0.0227. The normalized spacial score (nSPS) is 16.7. The predicted molar refractivity (Wildman–Crippen MR) is 103 cm³/mol. The summed E-state index contributed by atoms with van der Waals surface area (Å²) in [6.07, 6.45) is -0.110. The van der Waals surface area contributed by atoms with E-state index in [1.165, 1.54) is 0 Å². The molecule has 1 aliphatic rings. The van der Waals surface area contributed by atoms with Crippen molar-refractivity contribution in [2.24, 2.45) is 0 Å². The van der Waals surface area contributed by atoms with Crippen LogP contribution < -0.4 is 19.5 Å². The van der Waals surface area contributed by atoms with Gasteiger partial charge in [0, 0.05) is 13.1 Å². The van der Waals surface area contributed by atoms with E-state index in [0.717, 1.165) is 22.8 Å². The number of methoxy groups -OCH3 is 1. The SMILES string of the molecule is COc1ccc(CNC(=O)[C@@H](C)N(C)C[C@H]2COc3ccccc3O2)cc1. The molecule has 0 unspecified atom stereocenters. The summed E-state index contributed by atoms with van der Waals surface area (Å²) in [7, 11) is 3.55. The summed E-state index contributed by atoms with van der Waals surface area (Å²) >= 11 is 0. The second kappa shape index (κ2) is 8.77. The fourth-order valence-corrected chi connectivity index (χ4v) is 2.91. The highest BCUT2D eigenvalue weighted by Gasteiger charge is 2.25. The molecule has 3 rings (SSSR count). The Hall–Kier alpha value is -2.73. The summed E-state index contributed by atoms with van der Waals surface area (Å²) < 4.78 is 16.9. The number of carbonyl (C=O) groups excluding carboxylic acids is 1. The molecule has 0 bridgehead atoms. The number of amides is 1. The Morgan fingerprint density at radius 1 is 1.22 bits per heavy atom. The Kier molecular flexibility index (Phi) is 6.19. The van der Waals surface area contributed by atoms with Crippen LogP contribution in [0.3, 0.4) is 0 Å². The Balaban J connectivity index is 1.47. The fourth-order valence-electron chi connectivity index (χ4n) is 2.91. The first-order valence-electron chi connectivity index (χ1n) is 9.06. The Morgan fingerprint density at radius 2 is 1.93 bits per heavy atom. The van der Waals surface area contributed by atoms with Gasteiger partial charge in [0.25, 0.3) is 0 Å². The van der Waals surface area contributed by atoms with Gasteiger partial charge in [-0.15, -0.1) is 0 Å². The van der Waals surface area contributed by atoms with Crippen LogP contribution in [0.5, 0.6) is 17.2 Å². The zero-order valence-electron chi connectivity index (χ0n) is 16.0. The number of rotatable bonds is 7. The molecule has 27 heavy (non-hydrogen) atoms. The molecule has 2 aromatic rings. The van der Waals surface area contributed by atoms with E-state index in [1.54, 1.807) is 7.11 Å². The van der Waals surface area contributed by atoms with Gasteiger partial charge in [-0.3, -0.25) is 9.69 Å². The predicted octanol–water partition coefficient (Wildman–Crippen LogP) is 2.47. The number of carbonyl (C=O) groups is 1. The van der Waals surface area contributed by atoms with E-state index < -0.39 is 0 Å². The standard InChI is InChI=1S/C21H26N2O4/c1-15(21(24)22-12-16-8-10-17(25-3)11-9-16)23(2)13-18-14-26-19-6-4-5-7-20(19)27-18/h4-11,15,18H,12-14H2,1-3H3,(H,22,24)/t15-,18+/m1/s1. The highest BCUT2D eigenvalue weighted by Crippen LogP contribution is 2.31. The van der Waals surface area contributed by atoms with Crippen molar-refractivity contribution in [1.82, 2.24) is 10.2 Å². The number of ether oxygens (including phenoxy) is 3. The maximum absolute atomic E-state index is 12.5. The molecule has 2 aromatic carbocycles. The van der Waals surface area contributed by atoms with Crippen LogP contribution >= 0.6 is 0 Å². The first-order chi connectivity index (χ1) is 13.1. The molecule has 0 aliphatic carbocycles. The third-order valence-electron chi connectivity index (χ3n) is 4.73. The van der Waals surface area contributed by atoms with E-state index in [1.807, 2.05) is 67.4 Å². The van der Waals surface area contributed by atoms with Gasteiger partial charge in [0.2, 0.25) is 5.91 Å². The van der Waals surface area contributed by atoms with Crippen molar-refractivity contribution >= 4 is 5.91 Å². The number of hydrogen-bond acceptors (Lipinski definition) is 5. The van der Waals surface area contributed by atoms with E-state index in [9.17, 15) is 4.79 Å². The van der Waals surface area contributed by atoms with Crippen LogP contribution in [0.4, 0.5) is 0 Å². The second-order valence-electron chi connectivity index (χ2n) is 6.68. The maximum atomic E-state index is 12.5. The highest BCUT2D eigenvalue weighted by atomic mass is 16.6. The van der Waals surface area contributed by atoms with E-state index in [2.05, 4.69) is 5.32 Å². The van der Waals surface area contributed by atoms with Crippen LogP contribution in [0.2, 0.25) is 0 Å². The van der Waals surface area contributed by atoms with Crippen molar-refractivity contribution in [1.29, 1.82) is 0 Å². The number of nitrogens with zero attached hydrogens (tertiary/aromatic N) is 1. The van der Waals surface area contributed by atoms with E-state index in [4.69, 9.17) is 14.2 Å². The van der Waals surface area contributed by atoms with Gasteiger partial charge in [-0.2, -0.15) is 0 Å². The van der Waals surface area contributed by atoms with Crippen molar-refractivity contribution in [3.63, 3.8) is 0 Å². The molecule has 144 valence electrons. The number of para-hydroxylation sites is 2. The molecule has 6 nitrogen and oxygen atoms in total. The van der Waals surface area contributed by atoms with E-state index >= 15 is 0 Å². The van der Waals surface area contributed by atoms with Crippen LogP contribution in [-0.2, 0) is 11.3 Å². The molecule has 6 heteroatoms. The van der Waals surface area contributed by atoms with Crippen molar-refractivity contribution in [3.05, 3.63) is 54.1 Å². The first-order valence-corrected chi connectivity index (χ1v) is 9.06. The lowest BCUT2D eigenvalue weighted by atomic mass is 10.2. The average molecular weight is 370 g/mol. The summed E-state index contributed by atoms with van der Waals surface area (Å²) in [6.45, 7) is 3.45. The van der Waals surface area contributed by atoms with Crippen molar-refractivity contribution < 1.29 is 19.0 Å². The van der Waals surface area contributed by atoms with Gasteiger partial charge in [-0.05, 0) is 43.8 Å². The molecule has 1 amide bonds. The number of hydrogen-bond donors (Lipinski definition) is 1. The molecule has 1 aliphatic heterocycles. The molecule has 0 saturated carbocycles. The largest absolute Gasteiger partial charge is 0.497 e. The molecule has 0 spiro atoms. The van der Waals surface area contributed by atoms with Crippen LogP contribution in [0.25, 0.3) is 0 Å². The molecule has 0 aromatic heterocycles. The monoisotopic (exact) mass is 370 g/mol. The Bertz CT molecular complexity index is 763. The molecule has 1 heterocycles. The van der Waals surface area contributed by atoms with Gasteiger partial charge < -0.3 is 19.5 Å². The van der Waals surface area contributed by atoms with Crippen LogP contribution in [0.15, 0.2) is 48.5 Å². The van der Waals surface area contributed by atoms with E-state index in [-0.39, 0.29) is 18.1 Å². The highest BCUT2D eigenvalue weighted by molar-refractivity contribution is 5.81.